The molecule has 0 bridgehead atoms. The van der Waals surface area contributed by atoms with E-state index in [0.717, 1.165) is 12.8 Å². The molecule has 1 amide bonds. The van der Waals surface area contributed by atoms with Crippen LogP contribution in [0.2, 0.25) is 0 Å². The maximum Gasteiger partial charge on any atom is 0.410 e. The summed E-state index contributed by atoms with van der Waals surface area (Å²) in [5, 5.41) is 8.70. The van der Waals surface area contributed by atoms with Crippen LogP contribution < -0.4 is 0 Å². The number of aliphatic hydroxyl groups is 1. The number of carbonyl (C=O) groups is 1. The van der Waals surface area contributed by atoms with Gasteiger partial charge in [-0.2, -0.15) is 0 Å². The van der Waals surface area contributed by atoms with Gasteiger partial charge in [-0.15, -0.1) is 0 Å². The quantitative estimate of drug-likeness (QED) is 0.612. The van der Waals surface area contributed by atoms with E-state index in [1.54, 1.807) is 4.90 Å². The lowest BCUT2D eigenvalue weighted by Gasteiger charge is -2.09. The van der Waals surface area contributed by atoms with Gasteiger partial charge in [0.2, 0.25) is 0 Å². The van der Waals surface area contributed by atoms with Gasteiger partial charge in [0.15, 0.2) is 0 Å². The second-order valence-corrected chi connectivity index (χ2v) is 3.07. The van der Waals surface area contributed by atoms with Crippen molar-refractivity contribution in [2.75, 3.05) is 13.2 Å². The highest BCUT2D eigenvalue weighted by Gasteiger charge is 2.40. The van der Waals surface area contributed by atoms with Crippen molar-refractivity contribution in [2.45, 2.75) is 25.0 Å². The average molecular weight is 157 g/mol. The standard InChI is InChI=1S/C7H11NO3/c9-4-6-3-8(5-1-2-5)7(10)11-6/h5-6,9H,1-4H2/t6-/m0/s1. The van der Waals surface area contributed by atoms with E-state index in [4.69, 9.17) is 9.84 Å². The third kappa shape index (κ3) is 1.18. The molecule has 1 saturated heterocycles. The zero-order chi connectivity index (χ0) is 7.84. The first-order valence-electron chi connectivity index (χ1n) is 3.89. The van der Waals surface area contributed by atoms with E-state index in [1.165, 1.54) is 0 Å². The van der Waals surface area contributed by atoms with Crippen molar-refractivity contribution in [3.8, 4) is 0 Å². The summed E-state index contributed by atoms with van der Waals surface area (Å²) in [6, 6.07) is 0.402. The molecule has 0 aromatic heterocycles. The minimum atomic E-state index is -0.289. The van der Waals surface area contributed by atoms with Crippen LogP contribution >= 0.6 is 0 Å². The van der Waals surface area contributed by atoms with Gasteiger partial charge in [0.1, 0.15) is 6.10 Å². The van der Waals surface area contributed by atoms with Gasteiger partial charge in [-0.25, -0.2) is 4.79 Å². The van der Waals surface area contributed by atoms with Gasteiger partial charge in [0, 0.05) is 6.04 Å². The van der Waals surface area contributed by atoms with Crippen molar-refractivity contribution in [1.29, 1.82) is 0 Å². The van der Waals surface area contributed by atoms with Crippen molar-refractivity contribution in [3.05, 3.63) is 0 Å². The molecule has 0 spiro atoms. The van der Waals surface area contributed by atoms with Crippen LogP contribution in [0.4, 0.5) is 4.79 Å². The van der Waals surface area contributed by atoms with Crippen molar-refractivity contribution in [1.82, 2.24) is 4.90 Å². The van der Waals surface area contributed by atoms with E-state index in [1.807, 2.05) is 0 Å². The molecule has 1 aliphatic carbocycles. The summed E-state index contributed by atoms with van der Waals surface area (Å²) in [5.74, 6) is 0. The van der Waals surface area contributed by atoms with Crippen molar-refractivity contribution < 1.29 is 14.6 Å². The molecule has 0 radical (unpaired) electrons. The number of hydrogen-bond acceptors (Lipinski definition) is 3. The average Bonchev–Trinajstić information content (AvgIpc) is 2.76. The van der Waals surface area contributed by atoms with E-state index in [0.29, 0.717) is 12.6 Å². The summed E-state index contributed by atoms with van der Waals surface area (Å²) in [6.07, 6.45) is 1.63. The number of rotatable bonds is 2. The van der Waals surface area contributed by atoms with Crippen molar-refractivity contribution >= 4 is 6.09 Å². The lowest BCUT2D eigenvalue weighted by molar-refractivity contribution is 0.0947. The zero-order valence-corrected chi connectivity index (χ0v) is 6.19. The fraction of sp³-hybridized carbons (Fsp3) is 0.857. The molecule has 62 valence electrons. The van der Waals surface area contributed by atoms with Gasteiger partial charge in [-0.3, -0.25) is 0 Å². The Labute approximate surface area is 64.7 Å². The summed E-state index contributed by atoms with van der Waals surface area (Å²) in [4.78, 5) is 12.7. The van der Waals surface area contributed by atoms with E-state index >= 15 is 0 Å². The van der Waals surface area contributed by atoms with Crippen LogP contribution in [0.15, 0.2) is 0 Å². The summed E-state index contributed by atoms with van der Waals surface area (Å²) < 4.78 is 4.86. The Morgan fingerprint density at radius 3 is 2.82 bits per heavy atom. The third-order valence-electron chi connectivity index (χ3n) is 2.09. The molecular weight excluding hydrogens is 146 g/mol. The van der Waals surface area contributed by atoms with Crippen molar-refractivity contribution in [2.24, 2.45) is 0 Å². The Bertz CT molecular complexity index is 179. The molecule has 1 aliphatic heterocycles. The van der Waals surface area contributed by atoms with Crippen LogP contribution in [-0.2, 0) is 4.74 Å². The number of carbonyl (C=O) groups excluding carboxylic acids is 1. The summed E-state index contributed by atoms with van der Waals surface area (Å²) >= 11 is 0. The van der Waals surface area contributed by atoms with E-state index in [9.17, 15) is 4.79 Å². The molecule has 0 aromatic carbocycles. The largest absolute Gasteiger partial charge is 0.442 e. The number of ether oxygens (including phenoxy) is 1. The topological polar surface area (TPSA) is 49.8 Å². The molecule has 1 atom stereocenters. The van der Waals surface area contributed by atoms with Crippen LogP contribution in [-0.4, -0.2) is 41.4 Å². The lowest BCUT2D eigenvalue weighted by atomic mass is 10.4. The minimum absolute atomic E-state index is 0.0606. The number of nitrogens with zero attached hydrogens (tertiary/aromatic N) is 1. The Hall–Kier alpha value is -0.770. The first kappa shape index (κ1) is 6.91. The highest BCUT2D eigenvalue weighted by atomic mass is 16.6. The van der Waals surface area contributed by atoms with Gasteiger partial charge >= 0.3 is 6.09 Å². The fourth-order valence-corrected chi connectivity index (χ4v) is 1.32. The van der Waals surface area contributed by atoms with Crippen LogP contribution in [0.5, 0.6) is 0 Å². The van der Waals surface area contributed by atoms with Crippen LogP contribution in [0.1, 0.15) is 12.8 Å². The van der Waals surface area contributed by atoms with Gasteiger partial charge in [-0.1, -0.05) is 0 Å². The number of hydrogen-bond donors (Lipinski definition) is 1. The molecule has 4 nitrogen and oxygen atoms in total. The van der Waals surface area contributed by atoms with Crippen LogP contribution in [0, 0.1) is 0 Å². The second-order valence-electron chi connectivity index (χ2n) is 3.07. The van der Waals surface area contributed by atoms with Gasteiger partial charge in [-0.05, 0) is 12.8 Å². The molecule has 0 aromatic rings. The number of cyclic esters (lactones) is 1. The third-order valence-corrected chi connectivity index (χ3v) is 2.09. The predicted molar refractivity (Wildman–Crippen MR) is 37.1 cm³/mol. The zero-order valence-electron chi connectivity index (χ0n) is 6.19. The molecule has 2 rings (SSSR count). The van der Waals surface area contributed by atoms with Gasteiger partial charge in [0.05, 0.1) is 13.2 Å². The van der Waals surface area contributed by atoms with Crippen molar-refractivity contribution in [3.63, 3.8) is 0 Å². The Kier molecular flexibility index (Phi) is 1.49. The summed E-state index contributed by atoms with van der Waals surface area (Å²) in [6.45, 7) is 0.509. The maximum atomic E-state index is 11.0. The first-order chi connectivity index (χ1) is 5.31. The van der Waals surface area contributed by atoms with Gasteiger partial charge < -0.3 is 14.7 Å². The SMILES string of the molecule is O=C1O[C@H](CO)CN1C1CC1. The number of aliphatic hydroxyl groups excluding tert-OH is 1. The number of amides is 1. The van der Waals surface area contributed by atoms with Gasteiger partial charge in [0.25, 0.3) is 0 Å². The summed E-state index contributed by atoms with van der Waals surface area (Å²) in [7, 11) is 0. The smallest absolute Gasteiger partial charge is 0.410 e. The maximum absolute atomic E-state index is 11.0. The molecule has 2 fully saturated rings. The Morgan fingerprint density at radius 2 is 2.36 bits per heavy atom. The molecule has 1 heterocycles. The molecule has 1 N–H and O–H groups in total. The lowest BCUT2D eigenvalue weighted by Crippen LogP contribution is -2.27. The Balaban J connectivity index is 1.96. The normalized spacial score (nSPS) is 30.8. The molecule has 4 heteroatoms. The molecule has 2 aliphatic rings. The van der Waals surface area contributed by atoms with E-state index < -0.39 is 0 Å². The predicted octanol–water partition coefficient (Wildman–Crippen LogP) is -0.0381. The van der Waals surface area contributed by atoms with E-state index in [2.05, 4.69) is 0 Å². The van der Waals surface area contributed by atoms with Crippen LogP contribution in [0.3, 0.4) is 0 Å². The molecule has 11 heavy (non-hydrogen) atoms. The van der Waals surface area contributed by atoms with E-state index in [-0.39, 0.29) is 18.8 Å². The fourth-order valence-electron chi connectivity index (χ4n) is 1.32. The monoisotopic (exact) mass is 157 g/mol. The first-order valence-corrected chi connectivity index (χ1v) is 3.89. The highest BCUT2D eigenvalue weighted by molar-refractivity contribution is 5.70. The summed E-state index contributed by atoms with van der Waals surface area (Å²) in [5.41, 5.74) is 0. The molecule has 0 unspecified atom stereocenters. The second kappa shape index (κ2) is 2.37. The molecular formula is C7H11NO3. The molecule has 1 saturated carbocycles. The highest BCUT2D eigenvalue weighted by Crippen LogP contribution is 2.30. The minimum Gasteiger partial charge on any atom is -0.442 e. The van der Waals surface area contributed by atoms with Crippen LogP contribution in [0.25, 0.3) is 0 Å². The Morgan fingerprint density at radius 1 is 1.64 bits per heavy atom.